The van der Waals surface area contributed by atoms with Crippen LogP contribution in [0.5, 0.6) is 0 Å². The summed E-state index contributed by atoms with van der Waals surface area (Å²) in [5.74, 6) is 0.349. The van der Waals surface area contributed by atoms with Crippen LogP contribution in [0.4, 0.5) is 5.95 Å². The fourth-order valence-electron chi connectivity index (χ4n) is 1.21. The van der Waals surface area contributed by atoms with Gasteiger partial charge in [-0.2, -0.15) is 0 Å². The van der Waals surface area contributed by atoms with Crippen molar-refractivity contribution in [1.82, 2.24) is 19.5 Å². The van der Waals surface area contributed by atoms with Crippen LogP contribution in [0.15, 0.2) is 15.9 Å². The Kier molecular flexibility index (Phi) is 2.36. The maximum atomic E-state index is 11.5. The minimum atomic E-state index is -0.271. The molecule has 9 heteroatoms. The van der Waals surface area contributed by atoms with Gasteiger partial charge in [-0.1, -0.05) is 0 Å². The van der Waals surface area contributed by atoms with Crippen LogP contribution in [0.3, 0.4) is 0 Å². The molecule has 0 aliphatic heterocycles. The Morgan fingerprint density at radius 3 is 3.27 bits per heavy atom. The molecule has 2 N–H and O–H groups in total. The quantitative estimate of drug-likeness (QED) is 0.575. The first-order valence-electron chi connectivity index (χ1n) is 4.31. The third-order valence-corrected chi connectivity index (χ3v) is 1.90. The Bertz CT molecular complexity index is 572. The van der Waals surface area contributed by atoms with Gasteiger partial charge in [0.15, 0.2) is 0 Å². The predicted molar refractivity (Wildman–Crippen MR) is 59.5 cm³/mol. The Morgan fingerprint density at radius 1 is 1.73 bits per heavy atom. The number of rotatable bonds is 2. The summed E-state index contributed by atoms with van der Waals surface area (Å²) in [6, 6.07) is 0. The number of nitrogens with one attached hydrogen (secondary N) is 2. The SMILES string of the molecule is BN=BNc1nc2c(ncn2C)c(=O)[nH]1. The third-order valence-electron chi connectivity index (χ3n) is 1.90. The van der Waals surface area contributed by atoms with Gasteiger partial charge < -0.3 is 0 Å². The Hall–Kier alpha value is -1.92. The van der Waals surface area contributed by atoms with E-state index in [4.69, 9.17) is 0 Å². The minimum absolute atomic E-state index is 0.271. The zero-order valence-corrected chi connectivity index (χ0v) is 8.35. The number of imidazole rings is 1. The van der Waals surface area contributed by atoms with E-state index in [-0.39, 0.29) is 5.56 Å². The van der Waals surface area contributed by atoms with Gasteiger partial charge in [-0.25, -0.2) is 0 Å². The van der Waals surface area contributed by atoms with Crippen molar-refractivity contribution in [2.45, 2.75) is 0 Å². The van der Waals surface area contributed by atoms with Gasteiger partial charge in [0.1, 0.15) is 0 Å². The first-order chi connectivity index (χ1) is 7.22. The maximum absolute atomic E-state index is 11.5. The van der Waals surface area contributed by atoms with Crippen molar-refractivity contribution < 1.29 is 0 Å². The van der Waals surface area contributed by atoms with Gasteiger partial charge in [-0.05, 0) is 0 Å². The molecule has 0 aliphatic carbocycles. The van der Waals surface area contributed by atoms with E-state index in [0.717, 1.165) is 0 Å². The summed E-state index contributed by atoms with van der Waals surface area (Å²) >= 11 is 0. The average Bonchev–Trinajstić information content (AvgIpc) is 2.58. The van der Waals surface area contributed by atoms with Crippen LogP contribution in [0.2, 0.25) is 0 Å². The first kappa shape index (κ1) is 9.63. The van der Waals surface area contributed by atoms with Crippen LogP contribution < -0.4 is 10.8 Å². The Balaban J connectivity index is 2.60. The molecule has 0 unspecified atom stereocenters. The van der Waals surface area contributed by atoms with Crippen molar-refractivity contribution in [2.24, 2.45) is 11.9 Å². The number of hydrogen-bond donors (Lipinski definition) is 2. The van der Waals surface area contributed by atoms with E-state index in [1.165, 1.54) is 7.21 Å². The molecule has 0 bridgehead atoms. The van der Waals surface area contributed by atoms with Gasteiger partial charge in [0, 0.05) is 0 Å². The molecule has 7 nitrogen and oxygen atoms in total. The van der Waals surface area contributed by atoms with Crippen LogP contribution in [0.25, 0.3) is 11.2 Å². The molecular formula is C6H8B2N6O. The van der Waals surface area contributed by atoms with Crippen molar-refractivity contribution >= 4 is 32.3 Å². The van der Waals surface area contributed by atoms with Gasteiger partial charge >= 0.3 is 85.6 Å². The normalized spacial score (nSPS) is 10.7. The predicted octanol–water partition coefficient (Wildman–Crippen LogP) is -1.58. The summed E-state index contributed by atoms with van der Waals surface area (Å²) in [4.78, 5) is 25.9. The molecule has 0 aromatic carbocycles. The van der Waals surface area contributed by atoms with Gasteiger partial charge in [-0.3, -0.25) is 0 Å². The molecule has 2 rings (SSSR count). The molecule has 15 heavy (non-hydrogen) atoms. The number of aryl methyl sites for hydroxylation is 1. The summed E-state index contributed by atoms with van der Waals surface area (Å²) in [5.41, 5.74) is 0.592. The van der Waals surface area contributed by atoms with E-state index in [0.29, 0.717) is 17.1 Å². The van der Waals surface area contributed by atoms with Gasteiger partial charge in [-0.15, -0.1) is 0 Å². The van der Waals surface area contributed by atoms with E-state index in [9.17, 15) is 4.79 Å². The molecule has 0 amide bonds. The molecule has 0 fully saturated rings. The van der Waals surface area contributed by atoms with Crippen LogP contribution in [-0.4, -0.2) is 34.7 Å². The van der Waals surface area contributed by atoms with Gasteiger partial charge in [0.25, 0.3) is 0 Å². The number of hydrogen-bond acceptors (Lipinski definition) is 4. The molecule has 0 spiro atoms. The molecule has 0 radical (unpaired) electrons. The van der Waals surface area contributed by atoms with Crippen LogP contribution in [0.1, 0.15) is 0 Å². The number of fused-ring (bicyclic) bond motifs is 1. The molecule has 0 saturated heterocycles. The topological polar surface area (TPSA) is 88.0 Å². The zero-order valence-electron chi connectivity index (χ0n) is 8.35. The Labute approximate surface area is 86.3 Å². The second-order valence-corrected chi connectivity index (χ2v) is 2.97. The van der Waals surface area contributed by atoms with Crippen LogP contribution in [0, 0.1) is 0 Å². The van der Waals surface area contributed by atoms with E-state index in [1.54, 1.807) is 25.9 Å². The van der Waals surface area contributed by atoms with Gasteiger partial charge in [0.2, 0.25) is 0 Å². The molecule has 74 valence electrons. The second kappa shape index (κ2) is 3.68. The zero-order chi connectivity index (χ0) is 10.8. The molecule has 0 atom stereocenters. The summed E-state index contributed by atoms with van der Waals surface area (Å²) in [7, 11) is 4.84. The monoisotopic (exact) mass is 202 g/mol. The van der Waals surface area contributed by atoms with E-state index in [2.05, 4.69) is 25.0 Å². The molecule has 2 heterocycles. The van der Waals surface area contributed by atoms with Crippen LogP contribution >= 0.6 is 0 Å². The van der Waals surface area contributed by atoms with Crippen molar-refractivity contribution in [3.63, 3.8) is 0 Å². The van der Waals surface area contributed by atoms with Crippen molar-refractivity contribution in [3.05, 3.63) is 16.7 Å². The van der Waals surface area contributed by atoms with Crippen LogP contribution in [-0.2, 0) is 7.05 Å². The number of aromatic amines is 1. The molecular weight excluding hydrogens is 194 g/mol. The standard InChI is InChI=1S/C6H8B2N6O/c1-14-2-9-3-4(14)10-6(11-5(3)15)12-8-13-7/h2H,7H2,1H3,(H2,10,11,12,15). The average molecular weight is 202 g/mol. The number of nitrogens with zero attached hydrogens (tertiary/aromatic N) is 4. The molecule has 2 aromatic heterocycles. The van der Waals surface area contributed by atoms with Gasteiger partial charge in [0.05, 0.1) is 0 Å². The number of aromatic nitrogens is 4. The fourth-order valence-corrected chi connectivity index (χ4v) is 1.21. The second-order valence-electron chi connectivity index (χ2n) is 2.97. The van der Waals surface area contributed by atoms with E-state index in [1.807, 2.05) is 0 Å². The number of H-pyrrole nitrogens is 1. The number of anilines is 1. The van der Waals surface area contributed by atoms with Crippen molar-refractivity contribution in [2.75, 3.05) is 5.23 Å². The van der Waals surface area contributed by atoms with E-state index >= 15 is 0 Å². The molecule has 0 aliphatic rings. The summed E-state index contributed by atoms with van der Waals surface area (Å²) in [6.45, 7) is 0. The van der Waals surface area contributed by atoms with Crippen molar-refractivity contribution in [1.29, 1.82) is 0 Å². The van der Waals surface area contributed by atoms with E-state index < -0.39 is 0 Å². The fraction of sp³-hybridized carbons (Fsp3) is 0.167. The van der Waals surface area contributed by atoms with Crippen molar-refractivity contribution in [3.8, 4) is 0 Å². The molecule has 2 aromatic rings. The molecule has 0 saturated carbocycles. The third kappa shape index (κ3) is 1.67. The summed E-state index contributed by atoms with van der Waals surface area (Å²) < 4.78 is 1.68. The summed E-state index contributed by atoms with van der Waals surface area (Å²) in [6.07, 6.45) is 1.55. The first-order valence-corrected chi connectivity index (χ1v) is 4.31. The Morgan fingerprint density at radius 2 is 2.53 bits per heavy atom. The summed E-state index contributed by atoms with van der Waals surface area (Å²) in [5, 5.41) is 2.74.